The molecule has 2 rings (SSSR count). The zero-order chi connectivity index (χ0) is 14.0. The van der Waals surface area contributed by atoms with Crippen molar-refractivity contribution in [3.63, 3.8) is 0 Å². The van der Waals surface area contributed by atoms with Gasteiger partial charge in [-0.15, -0.1) is 11.3 Å². The number of thiophene rings is 1. The first-order chi connectivity index (χ1) is 8.97. The lowest BCUT2D eigenvalue weighted by molar-refractivity contribution is 0.183. The Morgan fingerprint density at radius 2 is 2.05 bits per heavy atom. The van der Waals surface area contributed by atoms with Crippen molar-refractivity contribution >= 4 is 54.8 Å². The molecule has 2 aromatic rings. The zero-order valence-electron chi connectivity index (χ0n) is 10.1. The summed E-state index contributed by atoms with van der Waals surface area (Å²) < 4.78 is 7.88. The Morgan fingerprint density at radius 3 is 2.58 bits per heavy atom. The Bertz CT molecular complexity index is 574. The van der Waals surface area contributed by atoms with Crippen LogP contribution in [0.2, 0.25) is 5.02 Å². The van der Waals surface area contributed by atoms with Crippen molar-refractivity contribution in [1.82, 2.24) is 0 Å². The average molecular weight is 426 g/mol. The molecule has 1 aromatic heterocycles. The maximum atomic E-state index is 6.03. The van der Waals surface area contributed by atoms with E-state index >= 15 is 0 Å². The quantitative estimate of drug-likeness (QED) is 0.712. The number of hydrogen-bond donors (Lipinski definition) is 1. The van der Waals surface area contributed by atoms with Crippen LogP contribution < -0.4 is 10.5 Å². The molecule has 0 saturated heterocycles. The molecule has 0 aliphatic carbocycles. The number of hydrogen-bond acceptors (Lipinski definition) is 3. The predicted octanol–water partition coefficient (Wildman–Crippen LogP) is 5.39. The Hall–Kier alpha value is -0.0700. The first-order valence-corrected chi connectivity index (χ1v) is 8.43. The molecule has 6 heteroatoms. The van der Waals surface area contributed by atoms with Gasteiger partial charge in [0.2, 0.25) is 0 Å². The minimum atomic E-state index is -0.186. The van der Waals surface area contributed by atoms with Crippen LogP contribution >= 0.6 is 54.8 Å². The highest BCUT2D eigenvalue weighted by Crippen LogP contribution is 2.35. The molecule has 1 aromatic carbocycles. The fraction of sp³-hybridized carbons (Fsp3) is 0.231. The maximum absolute atomic E-state index is 6.03. The lowest BCUT2D eigenvalue weighted by Crippen LogP contribution is -2.28. The van der Waals surface area contributed by atoms with Crippen LogP contribution in [-0.4, -0.2) is 6.04 Å². The molecule has 0 spiro atoms. The van der Waals surface area contributed by atoms with E-state index in [4.69, 9.17) is 22.1 Å². The van der Waals surface area contributed by atoms with Gasteiger partial charge in [0, 0.05) is 25.8 Å². The number of ether oxygens (including phenoxy) is 1. The molecule has 102 valence electrons. The van der Waals surface area contributed by atoms with Crippen LogP contribution in [0.3, 0.4) is 0 Å². The van der Waals surface area contributed by atoms with Crippen molar-refractivity contribution in [2.45, 2.75) is 19.1 Å². The molecule has 0 radical (unpaired) electrons. The summed E-state index contributed by atoms with van der Waals surface area (Å²) in [5.41, 5.74) is 6.03. The van der Waals surface area contributed by atoms with Gasteiger partial charge in [-0.2, -0.15) is 0 Å². The van der Waals surface area contributed by atoms with Gasteiger partial charge in [-0.05, 0) is 63.0 Å². The van der Waals surface area contributed by atoms with Gasteiger partial charge in [0.15, 0.2) is 0 Å². The van der Waals surface area contributed by atoms with Crippen molar-refractivity contribution in [3.8, 4) is 5.75 Å². The second-order valence-corrected chi connectivity index (χ2v) is 7.29. The summed E-state index contributed by atoms with van der Waals surface area (Å²) >= 11 is 14.4. The Labute approximate surface area is 138 Å². The SMILES string of the molecule is CC(N)C(Oc1ccc(Cl)cc1Br)c1cc(Br)cs1. The van der Waals surface area contributed by atoms with Gasteiger partial charge in [-0.25, -0.2) is 0 Å². The van der Waals surface area contributed by atoms with E-state index in [1.165, 1.54) is 0 Å². The molecule has 0 amide bonds. The van der Waals surface area contributed by atoms with Gasteiger partial charge in [-0.1, -0.05) is 11.6 Å². The fourth-order valence-corrected chi connectivity index (χ4v) is 3.97. The monoisotopic (exact) mass is 423 g/mol. The summed E-state index contributed by atoms with van der Waals surface area (Å²) in [4.78, 5) is 1.09. The molecule has 0 aliphatic rings. The minimum absolute atomic E-state index is 0.117. The smallest absolute Gasteiger partial charge is 0.148 e. The van der Waals surface area contributed by atoms with E-state index in [0.717, 1.165) is 19.6 Å². The third-order valence-corrected chi connectivity index (χ3v) is 5.10. The van der Waals surface area contributed by atoms with E-state index in [-0.39, 0.29) is 12.1 Å². The Balaban J connectivity index is 2.26. The first-order valence-electron chi connectivity index (χ1n) is 5.58. The summed E-state index contributed by atoms with van der Waals surface area (Å²) in [7, 11) is 0. The third-order valence-electron chi connectivity index (χ3n) is 2.49. The molecule has 0 bridgehead atoms. The van der Waals surface area contributed by atoms with Crippen LogP contribution in [0.5, 0.6) is 5.75 Å². The third kappa shape index (κ3) is 3.95. The molecule has 19 heavy (non-hydrogen) atoms. The number of halogens is 3. The topological polar surface area (TPSA) is 35.2 Å². The molecule has 0 aliphatic heterocycles. The van der Waals surface area contributed by atoms with Crippen LogP contribution in [0.1, 0.15) is 17.9 Å². The van der Waals surface area contributed by atoms with Crippen molar-refractivity contribution in [1.29, 1.82) is 0 Å². The highest BCUT2D eigenvalue weighted by molar-refractivity contribution is 9.10. The molecule has 0 fully saturated rings. The van der Waals surface area contributed by atoms with E-state index in [1.54, 1.807) is 23.5 Å². The summed E-state index contributed by atoms with van der Waals surface area (Å²) in [6.45, 7) is 1.93. The standard InChI is InChI=1S/C13H12Br2ClNOS/c1-7(17)13(12-4-8(14)6-19-12)18-11-3-2-9(16)5-10(11)15/h2-7,13H,17H2,1H3. The first kappa shape index (κ1) is 15.3. The molecular formula is C13H12Br2ClNOS. The number of rotatable bonds is 4. The van der Waals surface area contributed by atoms with Crippen LogP contribution in [0, 0.1) is 0 Å². The van der Waals surface area contributed by atoms with Crippen LogP contribution in [-0.2, 0) is 0 Å². The van der Waals surface area contributed by atoms with Crippen molar-refractivity contribution < 1.29 is 4.74 Å². The van der Waals surface area contributed by atoms with Crippen LogP contribution in [0.15, 0.2) is 38.6 Å². The average Bonchev–Trinajstić information content (AvgIpc) is 2.74. The van der Waals surface area contributed by atoms with Crippen molar-refractivity contribution in [2.24, 2.45) is 5.73 Å². The van der Waals surface area contributed by atoms with E-state index in [2.05, 4.69) is 31.9 Å². The second kappa shape index (κ2) is 6.59. The van der Waals surface area contributed by atoms with Crippen LogP contribution in [0.25, 0.3) is 0 Å². The highest BCUT2D eigenvalue weighted by atomic mass is 79.9. The molecule has 0 saturated carbocycles. The Morgan fingerprint density at radius 1 is 1.32 bits per heavy atom. The fourth-order valence-electron chi connectivity index (χ4n) is 1.61. The van der Waals surface area contributed by atoms with Crippen molar-refractivity contribution in [3.05, 3.63) is 48.5 Å². The largest absolute Gasteiger partial charge is 0.482 e. The van der Waals surface area contributed by atoms with Gasteiger partial charge in [0.25, 0.3) is 0 Å². The molecule has 2 N–H and O–H groups in total. The molecule has 2 unspecified atom stereocenters. The molecule has 2 nitrogen and oxygen atoms in total. The maximum Gasteiger partial charge on any atom is 0.148 e. The summed E-state index contributed by atoms with van der Waals surface area (Å²) in [6.07, 6.45) is -0.186. The molecular weight excluding hydrogens is 413 g/mol. The van der Waals surface area contributed by atoms with Gasteiger partial charge >= 0.3 is 0 Å². The highest BCUT2D eigenvalue weighted by Gasteiger charge is 2.21. The summed E-state index contributed by atoms with van der Waals surface area (Å²) in [6, 6.07) is 7.35. The summed E-state index contributed by atoms with van der Waals surface area (Å²) in [5.74, 6) is 0.733. The van der Waals surface area contributed by atoms with E-state index in [1.807, 2.05) is 24.4 Å². The molecule has 2 atom stereocenters. The van der Waals surface area contributed by atoms with E-state index in [0.29, 0.717) is 5.02 Å². The lowest BCUT2D eigenvalue weighted by atomic mass is 10.1. The minimum Gasteiger partial charge on any atom is -0.482 e. The Kier molecular flexibility index (Phi) is 5.31. The van der Waals surface area contributed by atoms with Gasteiger partial charge in [0.1, 0.15) is 11.9 Å². The number of nitrogens with two attached hydrogens (primary N) is 1. The van der Waals surface area contributed by atoms with Gasteiger partial charge in [0.05, 0.1) is 4.47 Å². The number of benzene rings is 1. The van der Waals surface area contributed by atoms with Gasteiger partial charge < -0.3 is 10.5 Å². The second-order valence-electron chi connectivity index (χ2n) is 4.14. The van der Waals surface area contributed by atoms with Gasteiger partial charge in [-0.3, -0.25) is 0 Å². The molecule has 1 heterocycles. The normalized spacial score (nSPS) is 14.2. The summed E-state index contributed by atoms with van der Waals surface area (Å²) in [5, 5.41) is 2.68. The van der Waals surface area contributed by atoms with E-state index in [9.17, 15) is 0 Å². The van der Waals surface area contributed by atoms with E-state index < -0.39 is 0 Å². The predicted molar refractivity (Wildman–Crippen MR) is 88.2 cm³/mol. The van der Waals surface area contributed by atoms with Crippen LogP contribution in [0.4, 0.5) is 0 Å². The lowest BCUT2D eigenvalue weighted by Gasteiger charge is -2.22. The van der Waals surface area contributed by atoms with Crippen molar-refractivity contribution in [2.75, 3.05) is 0 Å². The zero-order valence-corrected chi connectivity index (χ0v) is 14.8.